The van der Waals surface area contributed by atoms with Gasteiger partial charge in [0.15, 0.2) is 0 Å². The summed E-state index contributed by atoms with van der Waals surface area (Å²) >= 11 is 0. The van der Waals surface area contributed by atoms with Gasteiger partial charge in [0.25, 0.3) is 5.56 Å². The van der Waals surface area contributed by atoms with Gasteiger partial charge >= 0.3 is 0 Å². The van der Waals surface area contributed by atoms with Crippen LogP contribution >= 0.6 is 0 Å². The van der Waals surface area contributed by atoms with Crippen LogP contribution < -0.4 is 5.56 Å². The number of sulfonamides is 1. The quantitative estimate of drug-likeness (QED) is 0.856. The lowest BCUT2D eigenvalue weighted by molar-refractivity contribution is 0.268. The van der Waals surface area contributed by atoms with Gasteiger partial charge in [-0.3, -0.25) is 4.79 Å². The predicted octanol–water partition coefficient (Wildman–Crippen LogP) is 3.19. The molecule has 1 aromatic heterocycles. The second-order valence-corrected chi connectivity index (χ2v) is 9.87. The molecule has 2 aliphatic rings. The molecule has 2 aromatic rings. The summed E-state index contributed by atoms with van der Waals surface area (Å²) in [5, 5.41) is 6.90. The van der Waals surface area contributed by atoms with E-state index in [0.29, 0.717) is 17.1 Å². The highest BCUT2D eigenvalue weighted by molar-refractivity contribution is 7.89. The molecule has 7 heteroatoms. The Morgan fingerprint density at radius 3 is 2.61 bits per heavy atom. The Kier molecular flexibility index (Phi) is 5.14. The van der Waals surface area contributed by atoms with Gasteiger partial charge in [-0.2, -0.15) is 9.40 Å². The predicted molar refractivity (Wildman–Crippen MR) is 109 cm³/mol. The molecule has 1 saturated heterocycles. The fourth-order valence-electron chi connectivity index (χ4n) is 4.48. The molecule has 0 bridgehead atoms. The van der Waals surface area contributed by atoms with Crippen LogP contribution in [0.25, 0.3) is 11.3 Å². The number of nitrogens with one attached hydrogen (secondary N) is 1. The molecule has 1 fully saturated rings. The highest BCUT2D eigenvalue weighted by atomic mass is 32.2. The summed E-state index contributed by atoms with van der Waals surface area (Å²) < 4.78 is 28.4. The number of aromatic amines is 1. The number of hydrogen-bond donors (Lipinski definition) is 1. The summed E-state index contributed by atoms with van der Waals surface area (Å²) in [6, 6.07) is 5.50. The molecule has 0 unspecified atom stereocenters. The van der Waals surface area contributed by atoms with E-state index in [4.69, 9.17) is 0 Å². The van der Waals surface area contributed by atoms with Crippen LogP contribution in [0.4, 0.5) is 0 Å². The average molecular weight is 402 g/mol. The number of H-pyrrole nitrogens is 1. The van der Waals surface area contributed by atoms with Gasteiger partial charge < -0.3 is 0 Å². The van der Waals surface area contributed by atoms with Gasteiger partial charge in [-0.05, 0) is 69.6 Å². The van der Waals surface area contributed by atoms with E-state index in [1.165, 1.54) is 0 Å². The summed E-state index contributed by atoms with van der Waals surface area (Å²) in [7, 11) is -3.57. The zero-order valence-electron chi connectivity index (χ0n) is 16.5. The van der Waals surface area contributed by atoms with Crippen LogP contribution in [0, 0.1) is 6.92 Å². The third-order valence-corrected chi connectivity index (χ3v) is 8.24. The monoisotopic (exact) mass is 401 g/mol. The number of piperidine rings is 1. The Labute approximate surface area is 166 Å². The molecule has 6 nitrogen and oxygen atoms in total. The third kappa shape index (κ3) is 3.31. The second-order valence-electron chi connectivity index (χ2n) is 8.01. The number of aryl methyl sites for hydroxylation is 1. The molecular formula is C21H27N3O3S. The van der Waals surface area contributed by atoms with Gasteiger partial charge in [0.2, 0.25) is 10.0 Å². The van der Waals surface area contributed by atoms with Crippen molar-refractivity contribution < 1.29 is 8.42 Å². The number of nitrogens with zero attached hydrogens (tertiary/aromatic N) is 2. The Morgan fingerprint density at radius 2 is 1.86 bits per heavy atom. The molecule has 150 valence electrons. The van der Waals surface area contributed by atoms with Crippen molar-refractivity contribution >= 4 is 10.0 Å². The highest BCUT2D eigenvalue weighted by Gasteiger charge is 2.32. The van der Waals surface area contributed by atoms with Crippen LogP contribution in [0.1, 0.15) is 55.7 Å². The molecule has 1 atom stereocenters. The van der Waals surface area contributed by atoms with E-state index in [0.717, 1.165) is 67.2 Å². The number of fused-ring (bicyclic) bond motifs is 1. The van der Waals surface area contributed by atoms with Crippen LogP contribution in [-0.4, -0.2) is 35.5 Å². The molecule has 2 heterocycles. The van der Waals surface area contributed by atoms with E-state index in [2.05, 4.69) is 10.2 Å². The lowest BCUT2D eigenvalue weighted by Crippen LogP contribution is -2.42. The first-order valence-electron chi connectivity index (χ1n) is 10.1. The fraction of sp³-hybridized carbons (Fsp3) is 0.524. The maximum atomic E-state index is 13.4. The van der Waals surface area contributed by atoms with Gasteiger partial charge in [-0.1, -0.05) is 18.6 Å². The summed E-state index contributed by atoms with van der Waals surface area (Å²) in [4.78, 5) is 12.5. The molecule has 28 heavy (non-hydrogen) atoms. The minimum absolute atomic E-state index is 0.0146. The van der Waals surface area contributed by atoms with Gasteiger partial charge in [0.1, 0.15) is 0 Å². The minimum atomic E-state index is -3.57. The zero-order valence-corrected chi connectivity index (χ0v) is 17.3. The molecule has 0 spiro atoms. The molecule has 1 aromatic carbocycles. The van der Waals surface area contributed by atoms with Crippen LogP contribution in [-0.2, 0) is 22.9 Å². The smallest absolute Gasteiger partial charge is 0.267 e. The van der Waals surface area contributed by atoms with Crippen molar-refractivity contribution in [1.29, 1.82) is 0 Å². The van der Waals surface area contributed by atoms with Crippen molar-refractivity contribution in [2.45, 2.75) is 69.7 Å². The molecule has 1 aliphatic carbocycles. The van der Waals surface area contributed by atoms with Crippen molar-refractivity contribution in [2.75, 3.05) is 6.54 Å². The van der Waals surface area contributed by atoms with E-state index in [1.807, 2.05) is 26.0 Å². The van der Waals surface area contributed by atoms with Gasteiger partial charge in [0.05, 0.1) is 10.6 Å². The Bertz CT molecular complexity index is 1060. The Morgan fingerprint density at radius 1 is 1.11 bits per heavy atom. The highest BCUT2D eigenvalue weighted by Crippen LogP contribution is 2.32. The van der Waals surface area contributed by atoms with Crippen molar-refractivity contribution in [3.8, 4) is 11.3 Å². The van der Waals surface area contributed by atoms with Gasteiger partial charge in [-0.15, -0.1) is 0 Å². The SMILES string of the molecule is Cc1ccc(-c2n[nH]c(=O)c3c2CCCC3)cc1S(=O)(=O)N1CCCC[C@H]1C. The molecule has 0 amide bonds. The minimum Gasteiger partial charge on any atom is -0.268 e. The van der Waals surface area contributed by atoms with E-state index < -0.39 is 10.0 Å². The molecule has 1 aliphatic heterocycles. The summed E-state index contributed by atoms with van der Waals surface area (Å²) in [5.41, 5.74) is 3.83. The van der Waals surface area contributed by atoms with Crippen molar-refractivity contribution in [1.82, 2.24) is 14.5 Å². The van der Waals surface area contributed by atoms with Crippen LogP contribution in [0.3, 0.4) is 0 Å². The number of aromatic nitrogens is 2. The molecular weight excluding hydrogens is 374 g/mol. The topological polar surface area (TPSA) is 83.1 Å². The molecule has 0 saturated carbocycles. The largest absolute Gasteiger partial charge is 0.268 e. The van der Waals surface area contributed by atoms with Crippen molar-refractivity contribution in [2.24, 2.45) is 0 Å². The van der Waals surface area contributed by atoms with Crippen LogP contribution in [0.5, 0.6) is 0 Å². The number of hydrogen-bond acceptors (Lipinski definition) is 4. The lowest BCUT2D eigenvalue weighted by Gasteiger charge is -2.32. The Hall–Kier alpha value is -1.99. The first kappa shape index (κ1) is 19.3. The van der Waals surface area contributed by atoms with E-state index >= 15 is 0 Å². The van der Waals surface area contributed by atoms with Crippen molar-refractivity contribution in [3.63, 3.8) is 0 Å². The third-order valence-electron chi connectivity index (χ3n) is 6.09. The average Bonchev–Trinajstić information content (AvgIpc) is 2.69. The number of rotatable bonds is 3. The lowest BCUT2D eigenvalue weighted by atomic mass is 9.90. The normalized spacial score (nSPS) is 20.7. The zero-order chi connectivity index (χ0) is 19.9. The molecule has 4 rings (SSSR count). The summed E-state index contributed by atoms with van der Waals surface area (Å²) in [6.45, 7) is 4.39. The molecule has 1 N–H and O–H groups in total. The standard InChI is InChI=1S/C21H27N3O3S/c1-14-10-11-16(20-17-8-3-4-9-18(17)21(25)23-22-20)13-19(14)28(26,27)24-12-6-5-7-15(24)2/h10-11,13,15H,3-9,12H2,1-2H3,(H,23,25)/t15-/m1/s1. The van der Waals surface area contributed by atoms with E-state index in [-0.39, 0.29) is 11.6 Å². The van der Waals surface area contributed by atoms with Crippen molar-refractivity contribution in [3.05, 3.63) is 45.2 Å². The fourth-order valence-corrected chi connectivity index (χ4v) is 6.43. The first-order valence-corrected chi connectivity index (χ1v) is 11.6. The van der Waals surface area contributed by atoms with E-state index in [9.17, 15) is 13.2 Å². The van der Waals surface area contributed by atoms with Gasteiger partial charge in [0, 0.05) is 23.7 Å². The first-order chi connectivity index (χ1) is 13.4. The summed E-state index contributed by atoms with van der Waals surface area (Å²) in [5.74, 6) is 0. The summed E-state index contributed by atoms with van der Waals surface area (Å²) in [6.07, 6.45) is 6.44. The maximum Gasteiger partial charge on any atom is 0.267 e. The Balaban J connectivity index is 1.82. The number of benzene rings is 1. The van der Waals surface area contributed by atoms with Crippen LogP contribution in [0.15, 0.2) is 27.9 Å². The second kappa shape index (κ2) is 7.44. The molecule has 0 radical (unpaired) electrons. The van der Waals surface area contributed by atoms with E-state index in [1.54, 1.807) is 10.4 Å². The van der Waals surface area contributed by atoms with Crippen LogP contribution in [0.2, 0.25) is 0 Å². The van der Waals surface area contributed by atoms with Gasteiger partial charge in [-0.25, -0.2) is 13.5 Å². The maximum absolute atomic E-state index is 13.4.